The zero-order valence-electron chi connectivity index (χ0n) is 16.4. The predicted octanol–water partition coefficient (Wildman–Crippen LogP) is 3.43. The number of aromatic nitrogens is 3. The van der Waals surface area contributed by atoms with Crippen molar-refractivity contribution in [2.24, 2.45) is 0 Å². The number of carbonyl (C=O) groups excluding carboxylic acids is 1. The fraction of sp³-hybridized carbons (Fsp3) is 0.0476. The van der Waals surface area contributed by atoms with Crippen molar-refractivity contribution in [2.45, 2.75) is 0 Å². The van der Waals surface area contributed by atoms with E-state index < -0.39 is 21.7 Å². The lowest BCUT2D eigenvalue weighted by Gasteiger charge is -2.12. The number of anilines is 2. The first kappa shape index (κ1) is 20.4. The Labute approximate surface area is 178 Å². The lowest BCUT2D eigenvalue weighted by Crippen LogP contribution is -2.16. The third-order valence-corrected chi connectivity index (χ3v) is 4.95. The molecule has 0 spiro atoms. The van der Waals surface area contributed by atoms with Crippen LogP contribution in [0.2, 0.25) is 0 Å². The number of rotatable bonds is 6. The van der Waals surface area contributed by atoms with Crippen molar-refractivity contribution in [1.29, 1.82) is 0 Å². The molecule has 2 heterocycles. The van der Waals surface area contributed by atoms with Gasteiger partial charge in [0.1, 0.15) is 17.1 Å². The molecule has 8 nitrogen and oxygen atoms in total. The summed E-state index contributed by atoms with van der Waals surface area (Å²) in [6.45, 7) is 0. The maximum absolute atomic E-state index is 14.4. The molecule has 0 saturated heterocycles. The van der Waals surface area contributed by atoms with Gasteiger partial charge < -0.3 is 9.88 Å². The number of hydrogen-bond acceptors (Lipinski definition) is 4. The second kappa shape index (κ2) is 8.07. The van der Waals surface area contributed by atoms with Gasteiger partial charge in [0, 0.05) is 18.1 Å². The van der Waals surface area contributed by atoms with Crippen LogP contribution in [0.15, 0.2) is 79.3 Å². The molecule has 2 aromatic heterocycles. The second-order valence-corrected chi connectivity index (χ2v) is 8.49. The molecule has 4 rings (SSSR count). The minimum atomic E-state index is -3.46. The maximum atomic E-state index is 14.4. The van der Waals surface area contributed by atoms with Crippen LogP contribution in [0.5, 0.6) is 0 Å². The van der Waals surface area contributed by atoms with Crippen molar-refractivity contribution < 1.29 is 17.6 Å². The van der Waals surface area contributed by atoms with E-state index in [1.807, 2.05) is 0 Å². The molecule has 0 aliphatic carbocycles. The van der Waals surface area contributed by atoms with Gasteiger partial charge in [0.05, 0.1) is 18.1 Å². The molecule has 158 valence electrons. The first-order chi connectivity index (χ1) is 14.8. The summed E-state index contributed by atoms with van der Waals surface area (Å²) in [5, 5.41) is 6.97. The van der Waals surface area contributed by atoms with Crippen LogP contribution in [0.4, 0.5) is 15.8 Å². The largest absolute Gasteiger partial charge is 0.322 e. The van der Waals surface area contributed by atoms with Crippen LogP contribution in [0.25, 0.3) is 11.5 Å². The summed E-state index contributed by atoms with van der Waals surface area (Å²) in [4.78, 5) is 13.0. The molecule has 0 atom stereocenters. The summed E-state index contributed by atoms with van der Waals surface area (Å²) in [7, 11) is -3.46. The number of sulfonamides is 1. The van der Waals surface area contributed by atoms with Gasteiger partial charge in [0.15, 0.2) is 5.82 Å². The molecule has 0 aliphatic heterocycles. The van der Waals surface area contributed by atoms with E-state index in [4.69, 9.17) is 0 Å². The minimum absolute atomic E-state index is 0.199. The Bertz CT molecular complexity index is 1350. The number of nitrogens with zero attached hydrogens (tertiary/aromatic N) is 3. The Hall–Kier alpha value is -3.92. The van der Waals surface area contributed by atoms with Crippen molar-refractivity contribution in [3.8, 4) is 11.5 Å². The minimum Gasteiger partial charge on any atom is -0.322 e. The van der Waals surface area contributed by atoms with E-state index in [1.54, 1.807) is 65.5 Å². The molecule has 0 fully saturated rings. The number of carbonyl (C=O) groups is 1. The first-order valence-electron chi connectivity index (χ1n) is 9.17. The molecular formula is C21H18FN5O3S. The Morgan fingerprint density at radius 1 is 1.00 bits per heavy atom. The van der Waals surface area contributed by atoms with Crippen molar-refractivity contribution in [1.82, 2.24) is 14.3 Å². The van der Waals surface area contributed by atoms with E-state index in [0.717, 1.165) is 6.26 Å². The molecule has 4 aromatic rings. The smallest absolute Gasteiger partial charge is 0.261 e. The zero-order chi connectivity index (χ0) is 22.0. The van der Waals surface area contributed by atoms with E-state index in [1.165, 1.54) is 23.0 Å². The number of amides is 1. The van der Waals surface area contributed by atoms with Crippen molar-refractivity contribution in [3.63, 3.8) is 0 Å². The Kier molecular flexibility index (Phi) is 5.30. The summed E-state index contributed by atoms with van der Waals surface area (Å²) in [6.07, 6.45) is 5.85. The van der Waals surface area contributed by atoms with Crippen LogP contribution in [-0.2, 0) is 10.0 Å². The van der Waals surface area contributed by atoms with Crippen molar-refractivity contribution >= 4 is 27.3 Å². The summed E-state index contributed by atoms with van der Waals surface area (Å²) in [5.74, 6) is -0.605. The highest BCUT2D eigenvalue weighted by Crippen LogP contribution is 2.23. The van der Waals surface area contributed by atoms with Crippen molar-refractivity contribution in [3.05, 3.63) is 90.6 Å². The summed E-state index contributed by atoms with van der Waals surface area (Å²) in [6, 6.07) is 16.0. The molecule has 2 N–H and O–H groups in total. The van der Waals surface area contributed by atoms with Crippen LogP contribution in [-0.4, -0.2) is 34.9 Å². The van der Waals surface area contributed by atoms with Gasteiger partial charge in [-0.2, -0.15) is 5.10 Å². The molecule has 0 radical (unpaired) electrons. The maximum Gasteiger partial charge on any atom is 0.261 e. The van der Waals surface area contributed by atoms with Crippen LogP contribution in [0, 0.1) is 5.82 Å². The molecule has 10 heteroatoms. The van der Waals surface area contributed by atoms with Gasteiger partial charge in [-0.25, -0.2) is 17.5 Å². The SMILES string of the molecule is CS(=O)(=O)Nc1cccc(NC(=O)c2cnn(-c3ccccc3F)c2-n2cccc2)c1. The number of nitrogens with one attached hydrogen (secondary N) is 2. The lowest BCUT2D eigenvalue weighted by atomic mass is 10.2. The van der Waals surface area contributed by atoms with E-state index in [2.05, 4.69) is 15.1 Å². The van der Waals surface area contributed by atoms with Gasteiger partial charge >= 0.3 is 0 Å². The summed E-state index contributed by atoms with van der Waals surface area (Å²) in [5.41, 5.74) is 1.11. The van der Waals surface area contributed by atoms with Gasteiger partial charge in [-0.3, -0.25) is 9.52 Å². The van der Waals surface area contributed by atoms with Crippen LogP contribution >= 0.6 is 0 Å². The number of hydrogen-bond donors (Lipinski definition) is 2. The Morgan fingerprint density at radius 2 is 1.71 bits per heavy atom. The van der Waals surface area contributed by atoms with Gasteiger partial charge in [-0.15, -0.1) is 0 Å². The lowest BCUT2D eigenvalue weighted by molar-refractivity contribution is 0.102. The Balaban J connectivity index is 1.71. The van der Waals surface area contributed by atoms with Crippen LogP contribution < -0.4 is 10.0 Å². The van der Waals surface area contributed by atoms with E-state index in [9.17, 15) is 17.6 Å². The van der Waals surface area contributed by atoms with E-state index >= 15 is 0 Å². The third kappa shape index (κ3) is 4.48. The molecule has 0 unspecified atom stereocenters. The van der Waals surface area contributed by atoms with Gasteiger partial charge in [-0.1, -0.05) is 18.2 Å². The molecular weight excluding hydrogens is 421 g/mol. The molecule has 0 saturated carbocycles. The van der Waals surface area contributed by atoms with Crippen LogP contribution in [0.3, 0.4) is 0 Å². The molecule has 0 aliphatic rings. The summed E-state index contributed by atoms with van der Waals surface area (Å²) < 4.78 is 42.7. The van der Waals surface area contributed by atoms with E-state index in [-0.39, 0.29) is 11.3 Å². The number of halogens is 1. The highest BCUT2D eigenvalue weighted by Gasteiger charge is 2.21. The fourth-order valence-electron chi connectivity index (χ4n) is 3.10. The van der Waals surface area contributed by atoms with Gasteiger partial charge in [-0.05, 0) is 42.5 Å². The predicted molar refractivity (Wildman–Crippen MR) is 116 cm³/mol. The van der Waals surface area contributed by atoms with Gasteiger partial charge in [0.25, 0.3) is 5.91 Å². The number of para-hydroxylation sites is 1. The number of benzene rings is 2. The molecule has 1 amide bonds. The summed E-state index contributed by atoms with van der Waals surface area (Å²) >= 11 is 0. The fourth-order valence-corrected chi connectivity index (χ4v) is 3.65. The van der Waals surface area contributed by atoms with E-state index in [0.29, 0.717) is 17.2 Å². The normalized spacial score (nSPS) is 11.3. The van der Waals surface area contributed by atoms with Crippen molar-refractivity contribution in [2.75, 3.05) is 16.3 Å². The monoisotopic (exact) mass is 439 g/mol. The molecule has 2 aromatic carbocycles. The van der Waals surface area contributed by atoms with Gasteiger partial charge in [0.2, 0.25) is 10.0 Å². The standard InChI is InChI=1S/C21H18FN5O3S/c1-31(29,30)25-16-8-6-7-15(13-16)24-20(28)17-14-23-27(19-10-3-2-9-18(19)22)21(17)26-11-4-5-12-26/h2-14,25H,1H3,(H,24,28). The quantitative estimate of drug-likeness (QED) is 0.481. The Morgan fingerprint density at radius 3 is 2.42 bits per heavy atom. The van der Waals surface area contributed by atoms with Crippen LogP contribution in [0.1, 0.15) is 10.4 Å². The second-order valence-electron chi connectivity index (χ2n) is 6.74. The average molecular weight is 439 g/mol. The highest BCUT2D eigenvalue weighted by molar-refractivity contribution is 7.92. The highest BCUT2D eigenvalue weighted by atomic mass is 32.2. The zero-order valence-corrected chi connectivity index (χ0v) is 17.2. The molecule has 31 heavy (non-hydrogen) atoms. The first-order valence-corrected chi connectivity index (χ1v) is 11.1. The third-order valence-electron chi connectivity index (χ3n) is 4.34. The molecule has 0 bridgehead atoms. The topological polar surface area (TPSA) is 98.0 Å². The average Bonchev–Trinajstić information content (AvgIpc) is 3.37.